The van der Waals surface area contributed by atoms with Gasteiger partial charge in [0.15, 0.2) is 5.78 Å². The summed E-state index contributed by atoms with van der Waals surface area (Å²) in [5, 5.41) is 0. The van der Waals surface area contributed by atoms with E-state index in [-0.39, 0.29) is 5.78 Å². The number of imidazole rings is 1. The van der Waals surface area contributed by atoms with Crippen molar-refractivity contribution in [1.82, 2.24) is 9.38 Å². The number of nitrogens with zero attached hydrogens (tertiary/aromatic N) is 2. The van der Waals surface area contributed by atoms with Gasteiger partial charge in [-0.2, -0.15) is 0 Å². The predicted molar refractivity (Wildman–Crippen MR) is 50.8 cm³/mol. The Morgan fingerprint density at radius 2 is 2.50 bits per heavy atom. The summed E-state index contributed by atoms with van der Waals surface area (Å²) in [6, 6.07) is 0. The lowest BCUT2D eigenvalue weighted by Crippen LogP contribution is -1.90. The molecule has 0 aromatic carbocycles. The van der Waals surface area contributed by atoms with Crippen molar-refractivity contribution >= 4 is 37.9 Å². The van der Waals surface area contributed by atoms with Crippen molar-refractivity contribution in [3.8, 4) is 0 Å². The predicted octanol–water partition coefficient (Wildman–Crippen LogP) is 2.36. The van der Waals surface area contributed by atoms with Gasteiger partial charge in [-0.3, -0.25) is 9.20 Å². The standard InChI is InChI=1S/C7H5BrN2OS/c1-4(11)6-7-10(3-9-6)2-5(8)12-7/h2-3H,1H3. The van der Waals surface area contributed by atoms with Gasteiger partial charge in [0, 0.05) is 13.1 Å². The molecule has 0 atom stereocenters. The second-order valence-corrected chi connectivity index (χ2v) is 4.81. The van der Waals surface area contributed by atoms with Gasteiger partial charge >= 0.3 is 0 Å². The number of thiazole rings is 1. The third-order valence-corrected chi connectivity index (χ3v) is 3.10. The Bertz CT molecular complexity index is 445. The number of hydrogen-bond donors (Lipinski definition) is 0. The van der Waals surface area contributed by atoms with E-state index >= 15 is 0 Å². The highest BCUT2D eigenvalue weighted by Gasteiger charge is 2.10. The van der Waals surface area contributed by atoms with Crippen LogP contribution in [0.4, 0.5) is 0 Å². The van der Waals surface area contributed by atoms with E-state index < -0.39 is 0 Å². The Hall–Kier alpha value is -0.680. The quantitative estimate of drug-likeness (QED) is 0.723. The molecule has 0 aliphatic carbocycles. The fourth-order valence-corrected chi connectivity index (χ4v) is 2.54. The summed E-state index contributed by atoms with van der Waals surface area (Å²) in [7, 11) is 0. The highest BCUT2D eigenvalue weighted by molar-refractivity contribution is 9.11. The van der Waals surface area contributed by atoms with Crippen molar-refractivity contribution in [2.45, 2.75) is 6.92 Å². The van der Waals surface area contributed by atoms with Gasteiger partial charge in [-0.05, 0) is 15.9 Å². The molecule has 62 valence electrons. The highest BCUT2D eigenvalue weighted by atomic mass is 79.9. The number of rotatable bonds is 1. The van der Waals surface area contributed by atoms with Crippen LogP contribution in [0, 0.1) is 0 Å². The number of carbonyl (C=O) groups excluding carboxylic acids is 1. The fraction of sp³-hybridized carbons (Fsp3) is 0.143. The number of Topliss-reactive ketones (excluding diaryl/α,β-unsaturated/α-hetero) is 1. The molecule has 0 unspecified atom stereocenters. The molecule has 12 heavy (non-hydrogen) atoms. The fourth-order valence-electron chi connectivity index (χ4n) is 1.01. The molecule has 0 bridgehead atoms. The minimum atomic E-state index is 0.00634. The van der Waals surface area contributed by atoms with Crippen LogP contribution in [0.1, 0.15) is 17.4 Å². The molecule has 2 heterocycles. The van der Waals surface area contributed by atoms with Crippen LogP contribution >= 0.6 is 27.3 Å². The Labute approximate surface area is 81.2 Å². The lowest BCUT2D eigenvalue weighted by atomic mass is 10.3. The second kappa shape index (κ2) is 2.67. The molecule has 0 amide bonds. The zero-order valence-electron chi connectivity index (χ0n) is 6.24. The van der Waals surface area contributed by atoms with Crippen LogP contribution in [0.15, 0.2) is 16.3 Å². The average Bonchev–Trinajstić information content (AvgIpc) is 2.43. The van der Waals surface area contributed by atoms with Crippen molar-refractivity contribution in [3.63, 3.8) is 0 Å². The Morgan fingerprint density at radius 3 is 3.17 bits per heavy atom. The normalized spacial score (nSPS) is 10.8. The van der Waals surface area contributed by atoms with Gasteiger partial charge in [0.2, 0.25) is 0 Å². The summed E-state index contributed by atoms with van der Waals surface area (Å²) in [6.07, 6.45) is 3.53. The molecule has 3 nitrogen and oxygen atoms in total. The third kappa shape index (κ3) is 1.09. The highest BCUT2D eigenvalue weighted by Crippen LogP contribution is 2.25. The van der Waals surface area contributed by atoms with Crippen molar-refractivity contribution in [1.29, 1.82) is 0 Å². The average molecular weight is 245 g/mol. The maximum absolute atomic E-state index is 11.0. The summed E-state index contributed by atoms with van der Waals surface area (Å²) in [6.45, 7) is 1.52. The Kier molecular flexibility index (Phi) is 1.77. The van der Waals surface area contributed by atoms with Gasteiger partial charge in [0.05, 0.1) is 3.79 Å². The molecule has 0 radical (unpaired) electrons. The summed E-state index contributed by atoms with van der Waals surface area (Å²) in [5.41, 5.74) is 0.547. The molecule has 0 saturated carbocycles. The van der Waals surface area contributed by atoms with Gasteiger partial charge in [-0.15, -0.1) is 11.3 Å². The third-order valence-electron chi connectivity index (χ3n) is 1.52. The van der Waals surface area contributed by atoms with Crippen LogP contribution in [0.25, 0.3) is 4.83 Å². The van der Waals surface area contributed by atoms with E-state index in [4.69, 9.17) is 0 Å². The first kappa shape index (κ1) is 7.94. The topological polar surface area (TPSA) is 34.4 Å². The maximum atomic E-state index is 11.0. The second-order valence-electron chi connectivity index (χ2n) is 2.40. The van der Waals surface area contributed by atoms with Crippen LogP contribution in [0.5, 0.6) is 0 Å². The molecule has 2 aromatic rings. The van der Waals surface area contributed by atoms with Crippen molar-refractivity contribution in [2.75, 3.05) is 0 Å². The Morgan fingerprint density at radius 1 is 1.75 bits per heavy atom. The first-order valence-electron chi connectivity index (χ1n) is 3.31. The van der Waals surface area contributed by atoms with E-state index in [9.17, 15) is 4.79 Å². The van der Waals surface area contributed by atoms with Gasteiger partial charge in [-0.25, -0.2) is 4.98 Å². The van der Waals surface area contributed by atoms with E-state index in [1.54, 1.807) is 6.33 Å². The monoisotopic (exact) mass is 244 g/mol. The number of halogens is 1. The first-order chi connectivity index (χ1) is 5.68. The number of hydrogen-bond acceptors (Lipinski definition) is 3. The number of fused-ring (bicyclic) bond motifs is 1. The van der Waals surface area contributed by atoms with Gasteiger partial charge in [-0.1, -0.05) is 0 Å². The zero-order valence-corrected chi connectivity index (χ0v) is 8.65. The van der Waals surface area contributed by atoms with E-state index in [2.05, 4.69) is 20.9 Å². The molecular weight excluding hydrogens is 240 g/mol. The summed E-state index contributed by atoms with van der Waals surface area (Å²) >= 11 is 4.86. The molecule has 0 saturated heterocycles. The van der Waals surface area contributed by atoms with Crippen molar-refractivity contribution in [3.05, 3.63) is 22.0 Å². The molecule has 0 N–H and O–H groups in total. The number of aromatic nitrogens is 2. The van der Waals surface area contributed by atoms with Gasteiger partial charge < -0.3 is 0 Å². The van der Waals surface area contributed by atoms with Crippen molar-refractivity contribution < 1.29 is 4.79 Å². The van der Waals surface area contributed by atoms with Crippen LogP contribution in [0.2, 0.25) is 0 Å². The van der Waals surface area contributed by atoms with Gasteiger partial charge in [0.25, 0.3) is 0 Å². The minimum absolute atomic E-state index is 0.00634. The Balaban J connectivity index is 2.76. The smallest absolute Gasteiger partial charge is 0.181 e. The first-order valence-corrected chi connectivity index (χ1v) is 4.92. The summed E-state index contributed by atoms with van der Waals surface area (Å²) in [4.78, 5) is 15.9. The van der Waals surface area contributed by atoms with Crippen LogP contribution in [0.3, 0.4) is 0 Å². The maximum Gasteiger partial charge on any atom is 0.181 e. The molecule has 0 aliphatic rings. The molecule has 0 fully saturated rings. The molecule has 0 spiro atoms. The minimum Gasteiger partial charge on any atom is -0.295 e. The van der Waals surface area contributed by atoms with Gasteiger partial charge in [0.1, 0.15) is 16.9 Å². The lowest BCUT2D eigenvalue weighted by molar-refractivity contribution is 0.101. The number of ketones is 1. The van der Waals surface area contributed by atoms with E-state index in [0.29, 0.717) is 5.69 Å². The lowest BCUT2D eigenvalue weighted by Gasteiger charge is -1.83. The number of carbonyl (C=O) groups is 1. The van der Waals surface area contributed by atoms with E-state index in [0.717, 1.165) is 8.62 Å². The summed E-state index contributed by atoms with van der Waals surface area (Å²) in [5.74, 6) is 0.00634. The molecule has 0 aliphatic heterocycles. The van der Waals surface area contributed by atoms with Crippen LogP contribution < -0.4 is 0 Å². The molecule has 2 aromatic heterocycles. The molecular formula is C7H5BrN2OS. The van der Waals surface area contributed by atoms with E-state index in [1.807, 2.05) is 10.6 Å². The van der Waals surface area contributed by atoms with Crippen LogP contribution in [-0.2, 0) is 0 Å². The van der Waals surface area contributed by atoms with Crippen molar-refractivity contribution in [2.24, 2.45) is 0 Å². The zero-order chi connectivity index (χ0) is 8.72. The summed E-state index contributed by atoms with van der Waals surface area (Å²) < 4.78 is 2.84. The molecule has 5 heteroatoms. The van der Waals surface area contributed by atoms with Crippen LogP contribution in [-0.4, -0.2) is 15.2 Å². The molecule has 2 rings (SSSR count). The van der Waals surface area contributed by atoms with E-state index in [1.165, 1.54) is 18.3 Å². The SMILES string of the molecule is CC(=O)c1ncn2cc(Br)sc12. The largest absolute Gasteiger partial charge is 0.295 e.